The van der Waals surface area contributed by atoms with Crippen LogP contribution in [0.3, 0.4) is 0 Å². The van der Waals surface area contributed by atoms with Crippen molar-refractivity contribution in [2.75, 3.05) is 0 Å². The highest BCUT2D eigenvalue weighted by Crippen LogP contribution is 2.28. The summed E-state index contributed by atoms with van der Waals surface area (Å²) in [4.78, 5) is 2.17. The first-order valence-electron chi connectivity index (χ1n) is 7.08. The zero-order valence-electron chi connectivity index (χ0n) is 12.6. The van der Waals surface area contributed by atoms with Crippen LogP contribution in [0.15, 0.2) is 69.1 Å². The van der Waals surface area contributed by atoms with Gasteiger partial charge in [0.25, 0.3) is 10.0 Å². The molecule has 0 radical (unpaired) electrons. The van der Waals surface area contributed by atoms with E-state index in [1.807, 2.05) is 18.2 Å². The Hall–Kier alpha value is -2.09. The summed E-state index contributed by atoms with van der Waals surface area (Å²) in [6, 6.07) is 14.6. The van der Waals surface area contributed by atoms with Crippen LogP contribution >= 0.6 is 27.5 Å². The first kappa shape index (κ1) is 17.7. The van der Waals surface area contributed by atoms with Crippen LogP contribution in [-0.4, -0.2) is 19.7 Å². The van der Waals surface area contributed by atoms with Crippen LogP contribution < -0.4 is 4.83 Å². The van der Waals surface area contributed by atoms with Crippen LogP contribution in [0.25, 0.3) is 10.8 Å². The number of nitrogens with zero attached hydrogens (tertiary/aromatic N) is 1. The van der Waals surface area contributed by atoms with Gasteiger partial charge in [0.2, 0.25) is 0 Å². The second kappa shape index (κ2) is 7.03. The molecule has 0 saturated heterocycles. The molecule has 128 valence electrons. The van der Waals surface area contributed by atoms with Gasteiger partial charge < -0.3 is 5.11 Å². The number of rotatable bonds is 4. The fraction of sp³-hybridized carbons (Fsp3) is 0. The monoisotopic (exact) mass is 438 g/mol. The van der Waals surface area contributed by atoms with Crippen molar-refractivity contribution in [3.63, 3.8) is 0 Å². The topological polar surface area (TPSA) is 78.8 Å². The SMILES string of the molecule is O=S(=O)(N/N=C/c1c(O)ccc2cc(Br)ccc12)c1ccc(Cl)cc1. The molecule has 0 aliphatic carbocycles. The number of hydrogen-bond donors (Lipinski definition) is 2. The summed E-state index contributed by atoms with van der Waals surface area (Å²) in [6.45, 7) is 0. The van der Waals surface area contributed by atoms with Gasteiger partial charge in [-0.1, -0.05) is 39.7 Å². The summed E-state index contributed by atoms with van der Waals surface area (Å²) < 4.78 is 25.3. The number of fused-ring (bicyclic) bond motifs is 1. The van der Waals surface area contributed by atoms with Crippen molar-refractivity contribution in [1.82, 2.24) is 4.83 Å². The molecule has 3 aromatic carbocycles. The normalized spacial score (nSPS) is 11.9. The Bertz CT molecular complexity index is 1070. The number of nitrogens with one attached hydrogen (secondary N) is 1. The lowest BCUT2D eigenvalue weighted by molar-refractivity contribution is 0.475. The standard InChI is InChI=1S/C17H12BrClN2O3S/c18-12-2-7-15-11(9-12)1-8-17(22)16(15)10-20-21-25(23,24)14-5-3-13(19)4-6-14/h1-10,21-22H/b20-10+. The van der Waals surface area contributed by atoms with Gasteiger partial charge in [-0.15, -0.1) is 0 Å². The molecule has 0 bridgehead atoms. The van der Waals surface area contributed by atoms with Gasteiger partial charge in [0.15, 0.2) is 0 Å². The average molecular weight is 440 g/mol. The van der Waals surface area contributed by atoms with Crippen molar-refractivity contribution in [1.29, 1.82) is 0 Å². The molecule has 8 heteroatoms. The van der Waals surface area contributed by atoms with Crippen molar-refractivity contribution in [2.24, 2.45) is 5.10 Å². The molecule has 0 aliphatic heterocycles. The summed E-state index contributed by atoms with van der Waals surface area (Å²) >= 11 is 9.14. The lowest BCUT2D eigenvalue weighted by atomic mass is 10.0. The first-order chi connectivity index (χ1) is 11.9. The molecule has 0 amide bonds. The van der Waals surface area contributed by atoms with Crippen molar-refractivity contribution >= 4 is 54.5 Å². The number of hydrogen-bond acceptors (Lipinski definition) is 4. The first-order valence-corrected chi connectivity index (χ1v) is 9.74. The number of phenols is 1. The highest BCUT2D eigenvalue weighted by molar-refractivity contribution is 9.10. The molecule has 0 heterocycles. The maximum Gasteiger partial charge on any atom is 0.276 e. The van der Waals surface area contributed by atoms with Crippen LogP contribution in [-0.2, 0) is 10.0 Å². The van der Waals surface area contributed by atoms with E-state index in [2.05, 4.69) is 25.9 Å². The van der Waals surface area contributed by atoms with Gasteiger partial charge in [-0.25, -0.2) is 4.83 Å². The van der Waals surface area contributed by atoms with E-state index in [1.165, 1.54) is 36.5 Å². The van der Waals surface area contributed by atoms with Crippen molar-refractivity contribution in [3.8, 4) is 5.75 Å². The molecular weight excluding hydrogens is 428 g/mol. The molecule has 3 rings (SSSR count). The second-order valence-corrected chi connectivity index (χ2v) is 8.18. The second-order valence-electron chi connectivity index (χ2n) is 5.17. The zero-order chi connectivity index (χ0) is 18.0. The molecule has 0 fully saturated rings. The lowest BCUT2D eigenvalue weighted by Gasteiger charge is -2.06. The average Bonchev–Trinajstić information content (AvgIpc) is 2.57. The third-order valence-corrected chi connectivity index (χ3v) is 5.47. The molecule has 2 N–H and O–H groups in total. The lowest BCUT2D eigenvalue weighted by Crippen LogP contribution is -2.18. The minimum atomic E-state index is -3.82. The van der Waals surface area contributed by atoms with E-state index in [0.29, 0.717) is 10.6 Å². The van der Waals surface area contributed by atoms with Gasteiger partial charge in [-0.05, 0) is 53.2 Å². The van der Waals surface area contributed by atoms with Gasteiger partial charge >= 0.3 is 0 Å². The minimum Gasteiger partial charge on any atom is -0.507 e. The van der Waals surface area contributed by atoms with E-state index < -0.39 is 10.0 Å². The summed E-state index contributed by atoms with van der Waals surface area (Å²) in [5.74, 6) is 0.00395. The number of halogens is 2. The zero-order valence-corrected chi connectivity index (χ0v) is 15.8. The molecule has 0 saturated carbocycles. The number of aromatic hydroxyl groups is 1. The molecule has 5 nitrogen and oxygen atoms in total. The van der Waals surface area contributed by atoms with E-state index in [-0.39, 0.29) is 10.6 Å². The summed E-state index contributed by atoms with van der Waals surface area (Å²) in [7, 11) is -3.82. The number of phenolic OH excluding ortho intramolecular Hbond substituents is 1. The molecule has 0 aliphatic rings. The third kappa shape index (κ3) is 3.95. The van der Waals surface area contributed by atoms with Gasteiger partial charge in [0.05, 0.1) is 11.1 Å². The highest BCUT2D eigenvalue weighted by atomic mass is 79.9. The van der Waals surface area contributed by atoms with Gasteiger partial charge in [0, 0.05) is 15.1 Å². The number of benzene rings is 3. The molecule has 0 aromatic heterocycles. The number of sulfonamides is 1. The van der Waals surface area contributed by atoms with Crippen molar-refractivity contribution < 1.29 is 13.5 Å². The minimum absolute atomic E-state index is 0.00395. The Morgan fingerprint density at radius 2 is 1.80 bits per heavy atom. The molecule has 0 atom stereocenters. The van der Waals surface area contributed by atoms with E-state index in [9.17, 15) is 13.5 Å². The Labute approximate surface area is 158 Å². The Morgan fingerprint density at radius 3 is 2.52 bits per heavy atom. The fourth-order valence-electron chi connectivity index (χ4n) is 2.28. The predicted molar refractivity (Wildman–Crippen MR) is 103 cm³/mol. The third-order valence-electron chi connectivity index (χ3n) is 3.49. The summed E-state index contributed by atoms with van der Waals surface area (Å²) in [5, 5.41) is 15.9. The summed E-state index contributed by atoms with van der Waals surface area (Å²) in [6.07, 6.45) is 1.28. The molecule has 25 heavy (non-hydrogen) atoms. The van der Waals surface area contributed by atoms with Gasteiger partial charge in [0.1, 0.15) is 5.75 Å². The highest BCUT2D eigenvalue weighted by Gasteiger charge is 2.12. The maximum atomic E-state index is 12.2. The van der Waals surface area contributed by atoms with E-state index >= 15 is 0 Å². The van der Waals surface area contributed by atoms with E-state index in [1.54, 1.807) is 6.07 Å². The number of hydrazone groups is 1. The smallest absolute Gasteiger partial charge is 0.276 e. The molecule has 0 spiro atoms. The quantitative estimate of drug-likeness (QED) is 0.470. The van der Waals surface area contributed by atoms with E-state index in [4.69, 9.17) is 11.6 Å². The predicted octanol–water partition coefficient (Wildman–Crippen LogP) is 4.27. The largest absolute Gasteiger partial charge is 0.507 e. The van der Waals surface area contributed by atoms with Crippen LogP contribution in [0.4, 0.5) is 0 Å². The Morgan fingerprint density at radius 1 is 1.08 bits per heavy atom. The fourth-order valence-corrected chi connectivity index (χ4v) is 3.57. The van der Waals surface area contributed by atoms with Crippen molar-refractivity contribution in [3.05, 3.63) is 69.7 Å². The maximum absolute atomic E-state index is 12.2. The van der Waals surface area contributed by atoms with Crippen LogP contribution in [0.2, 0.25) is 5.02 Å². The Balaban J connectivity index is 1.91. The molecule has 0 unspecified atom stereocenters. The van der Waals surface area contributed by atoms with Gasteiger partial charge in [-0.2, -0.15) is 13.5 Å². The Kier molecular flexibility index (Phi) is 4.99. The van der Waals surface area contributed by atoms with Crippen LogP contribution in [0.5, 0.6) is 5.75 Å². The van der Waals surface area contributed by atoms with Crippen LogP contribution in [0.1, 0.15) is 5.56 Å². The molecule has 3 aromatic rings. The summed E-state index contributed by atoms with van der Waals surface area (Å²) in [5.41, 5.74) is 0.420. The van der Waals surface area contributed by atoms with E-state index in [0.717, 1.165) is 15.2 Å². The van der Waals surface area contributed by atoms with Crippen LogP contribution in [0, 0.1) is 0 Å². The van der Waals surface area contributed by atoms with Gasteiger partial charge in [-0.3, -0.25) is 0 Å². The van der Waals surface area contributed by atoms with Crippen molar-refractivity contribution in [2.45, 2.75) is 4.90 Å². The molecular formula is C17H12BrClN2O3S.